The summed E-state index contributed by atoms with van der Waals surface area (Å²) in [4.78, 5) is 0. The van der Waals surface area contributed by atoms with Crippen molar-refractivity contribution in [3.8, 4) is 0 Å². The van der Waals surface area contributed by atoms with Crippen LogP contribution < -0.4 is 5.32 Å². The van der Waals surface area contributed by atoms with Crippen LogP contribution in [-0.2, 0) is 0 Å². The second-order valence-electron chi connectivity index (χ2n) is 7.46. The number of hydrogen-bond donors (Lipinski definition) is 1. The van der Waals surface area contributed by atoms with Gasteiger partial charge in [-0.3, -0.25) is 0 Å². The third-order valence-electron chi connectivity index (χ3n) is 6.50. The molecule has 1 spiro atoms. The molecule has 3 rings (SSSR count). The third-order valence-corrected chi connectivity index (χ3v) is 6.50. The maximum atomic E-state index is 3.77. The molecule has 3 aliphatic rings. The first-order valence-electron chi connectivity index (χ1n) is 7.83. The fraction of sp³-hybridized carbons (Fsp3) is 1.00. The summed E-state index contributed by atoms with van der Waals surface area (Å²) in [6.45, 7) is 8.72. The molecule has 1 nitrogen and oxygen atoms in total. The molecule has 0 radical (unpaired) electrons. The Bertz CT molecular complexity index is 282. The monoisotopic (exact) mass is 235 g/mol. The van der Waals surface area contributed by atoms with Gasteiger partial charge in [0.15, 0.2) is 0 Å². The Morgan fingerprint density at radius 3 is 2.24 bits per heavy atom. The lowest BCUT2D eigenvalue weighted by Gasteiger charge is -2.31. The fourth-order valence-electron chi connectivity index (χ4n) is 4.68. The molecule has 1 atom stereocenters. The van der Waals surface area contributed by atoms with Crippen molar-refractivity contribution in [2.45, 2.75) is 71.8 Å². The Morgan fingerprint density at radius 2 is 1.71 bits per heavy atom. The predicted octanol–water partition coefficient (Wildman–Crippen LogP) is 3.98. The molecular weight excluding hydrogens is 206 g/mol. The Kier molecular flexibility index (Phi) is 2.81. The van der Waals surface area contributed by atoms with Crippen LogP contribution in [0, 0.1) is 22.7 Å². The van der Waals surface area contributed by atoms with Crippen LogP contribution >= 0.6 is 0 Å². The van der Waals surface area contributed by atoms with Gasteiger partial charge in [0.25, 0.3) is 0 Å². The van der Waals surface area contributed by atoms with Crippen molar-refractivity contribution in [2.75, 3.05) is 6.54 Å². The fourth-order valence-corrected chi connectivity index (χ4v) is 4.68. The molecule has 17 heavy (non-hydrogen) atoms. The van der Waals surface area contributed by atoms with Gasteiger partial charge >= 0.3 is 0 Å². The van der Waals surface area contributed by atoms with E-state index >= 15 is 0 Å². The Morgan fingerprint density at radius 1 is 1.06 bits per heavy atom. The maximum Gasteiger partial charge on any atom is 0.00683 e. The van der Waals surface area contributed by atoms with Crippen molar-refractivity contribution in [3.63, 3.8) is 0 Å². The Labute approximate surface area is 107 Å². The van der Waals surface area contributed by atoms with Crippen LogP contribution in [-0.4, -0.2) is 12.6 Å². The van der Waals surface area contributed by atoms with Gasteiger partial charge in [0.2, 0.25) is 0 Å². The van der Waals surface area contributed by atoms with Crippen molar-refractivity contribution in [3.05, 3.63) is 0 Å². The highest BCUT2D eigenvalue weighted by Crippen LogP contribution is 2.74. The summed E-state index contributed by atoms with van der Waals surface area (Å²) in [6, 6.07) is 0.885. The van der Waals surface area contributed by atoms with Crippen LogP contribution in [0.4, 0.5) is 0 Å². The number of rotatable bonds is 4. The van der Waals surface area contributed by atoms with Gasteiger partial charge in [-0.15, -0.1) is 0 Å². The highest BCUT2D eigenvalue weighted by molar-refractivity contribution is 5.18. The summed E-state index contributed by atoms with van der Waals surface area (Å²) >= 11 is 0. The largest absolute Gasteiger partial charge is 0.314 e. The van der Waals surface area contributed by atoms with Crippen LogP contribution in [0.2, 0.25) is 0 Å². The van der Waals surface area contributed by atoms with Gasteiger partial charge < -0.3 is 5.32 Å². The van der Waals surface area contributed by atoms with Gasteiger partial charge in [0.05, 0.1) is 0 Å². The van der Waals surface area contributed by atoms with E-state index < -0.39 is 0 Å². The molecule has 0 heterocycles. The molecule has 1 unspecified atom stereocenters. The quantitative estimate of drug-likeness (QED) is 0.777. The molecular formula is C16H29N. The zero-order valence-electron chi connectivity index (χ0n) is 11.9. The lowest BCUT2D eigenvalue weighted by molar-refractivity contribution is 0.204. The lowest BCUT2D eigenvalue weighted by Crippen LogP contribution is -2.24. The molecule has 1 N–H and O–H groups in total. The molecule has 3 fully saturated rings. The minimum absolute atomic E-state index is 0.619. The highest BCUT2D eigenvalue weighted by atomic mass is 15.0. The smallest absolute Gasteiger partial charge is 0.00683 e. The third kappa shape index (κ3) is 1.85. The first-order chi connectivity index (χ1) is 8.10. The number of hydrogen-bond acceptors (Lipinski definition) is 1. The SMILES string of the molecule is CCC1CCC2(CC1)C(CNC1CC1)C2(C)C. The van der Waals surface area contributed by atoms with Gasteiger partial charge in [0, 0.05) is 6.04 Å². The van der Waals surface area contributed by atoms with Crippen molar-refractivity contribution >= 4 is 0 Å². The molecule has 0 amide bonds. The van der Waals surface area contributed by atoms with E-state index in [1.165, 1.54) is 51.5 Å². The van der Waals surface area contributed by atoms with E-state index in [0.717, 1.165) is 23.3 Å². The Hall–Kier alpha value is -0.0400. The van der Waals surface area contributed by atoms with Gasteiger partial charge in [-0.1, -0.05) is 27.2 Å². The second kappa shape index (κ2) is 3.98. The lowest BCUT2D eigenvalue weighted by atomic mass is 9.75. The molecule has 0 saturated heterocycles. The summed E-state index contributed by atoms with van der Waals surface area (Å²) < 4.78 is 0. The summed E-state index contributed by atoms with van der Waals surface area (Å²) in [5, 5.41) is 3.77. The summed E-state index contributed by atoms with van der Waals surface area (Å²) in [6.07, 6.45) is 10.3. The molecule has 3 aliphatic carbocycles. The molecule has 0 aromatic rings. The van der Waals surface area contributed by atoms with Crippen molar-refractivity contribution in [1.82, 2.24) is 5.32 Å². The summed E-state index contributed by atoms with van der Waals surface area (Å²) in [7, 11) is 0. The minimum atomic E-state index is 0.619. The highest BCUT2D eigenvalue weighted by Gasteiger charge is 2.69. The van der Waals surface area contributed by atoms with Crippen molar-refractivity contribution in [1.29, 1.82) is 0 Å². The molecule has 98 valence electrons. The average molecular weight is 235 g/mol. The van der Waals surface area contributed by atoms with E-state index in [2.05, 4.69) is 26.1 Å². The normalized spacial score (nSPS) is 43.9. The molecule has 0 aromatic heterocycles. The zero-order valence-corrected chi connectivity index (χ0v) is 11.9. The van der Waals surface area contributed by atoms with Gasteiger partial charge in [-0.2, -0.15) is 0 Å². The van der Waals surface area contributed by atoms with Crippen LogP contribution in [0.25, 0.3) is 0 Å². The molecule has 3 saturated carbocycles. The standard InChI is InChI=1S/C16H29N/c1-4-12-7-9-16(10-8-12)14(15(16,2)3)11-17-13-5-6-13/h12-14,17H,4-11H2,1-3H3. The van der Waals surface area contributed by atoms with E-state index in [0.29, 0.717) is 5.41 Å². The van der Waals surface area contributed by atoms with Gasteiger partial charge in [-0.05, 0) is 67.7 Å². The zero-order chi connectivity index (χ0) is 12.1. The van der Waals surface area contributed by atoms with Crippen LogP contribution in [0.3, 0.4) is 0 Å². The van der Waals surface area contributed by atoms with Gasteiger partial charge in [-0.25, -0.2) is 0 Å². The van der Waals surface area contributed by atoms with Crippen molar-refractivity contribution < 1.29 is 0 Å². The van der Waals surface area contributed by atoms with Crippen molar-refractivity contribution in [2.24, 2.45) is 22.7 Å². The maximum absolute atomic E-state index is 3.77. The van der Waals surface area contributed by atoms with E-state index in [4.69, 9.17) is 0 Å². The molecule has 0 aromatic carbocycles. The van der Waals surface area contributed by atoms with E-state index in [1.54, 1.807) is 0 Å². The van der Waals surface area contributed by atoms with E-state index in [1.807, 2.05) is 0 Å². The predicted molar refractivity (Wildman–Crippen MR) is 73.0 cm³/mol. The molecule has 0 aliphatic heterocycles. The summed E-state index contributed by atoms with van der Waals surface area (Å²) in [5.41, 5.74) is 1.34. The summed E-state index contributed by atoms with van der Waals surface area (Å²) in [5.74, 6) is 2.00. The average Bonchev–Trinajstić information content (AvgIpc) is 3.19. The van der Waals surface area contributed by atoms with Gasteiger partial charge in [0.1, 0.15) is 0 Å². The van der Waals surface area contributed by atoms with Crippen LogP contribution in [0.1, 0.15) is 65.7 Å². The van der Waals surface area contributed by atoms with E-state index in [-0.39, 0.29) is 0 Å². The van der Waals surface area contributed by atoms with E-state index in [9.17, 15) is 0 Å². The second-order valence-corrected chi connectivity index (χ2v) is 7.46. The number of nitrogens with one attached hydrogen (secondary N) is 1. The first-order valence-corrected chi connectivity index (χ1v) is 7.83. The topological polar surface area (TPSA) is 12.0 Å². The molecule has 1 heteroatoms. The first kappa shape index (κ1) is 12.0. The Balaban J connectivity index is 1.58. The minimum Gasteiger partial charge on any atom is -0.314 e. The van der Waals surface area contributed by atoms with Crippen LogP contribution in [0.5, 0.6) is 0 Å². The molecule has 0 bridgehead atoms. The van der Waals surface area contributed by atoms with Crippen LogP contribution in [0.15, 0.2) is 0 Å².